The minimum atomic E-state index is 0.922. The van der Waals surface area contributed by atoms with Crippen LogP contribution >= 0.6 is 0 Å². The molecular weight excluding hydrogens is 196 g/mol. The van der Waals surface area contributed by atoms with Crippen molar-refractivity contribution in [3.63, 3.8) is 0 Å². The van der Waals surface area contributed by atoms with Crippen molar-refractivity contribution in [3.8, 4) is 0 Å². The Kier molecular flexibility index (Phi) is 3.03. The summed E-state index contributed by atoms with van der Waals surface area (Å²) >= 11 is 0. The minimum Gasteiger partial charge on any atom is -0.305 e. The summed E-state index contributed by atoms with van der Waals surface area (Å²) in [5.41, 5.74) is 0. The van der Waals surface area contributed by atoms with Crippen molar-refractivity contribution in [1.82, 2.24) is 9.80 Å². The van der Waals surface area contributed by atoms with Crippen molar-refractivity contribution in [3.05, 3.63) is 12.2 Å². The molecule has 16 heavy (non-hydrogen) atoms. The van der Waals surface area contributed by atoms with Gasteiger partial charge >= 0.3 is 0 Å². The Balaban J connectivity index is 1.53. The fourth-order valence-electron chi connectivity index (χ4n) is 3.72. The second kappa shape index (κ2) is 4.50. The second-order valence-corrected chi connectivity index (χ2v) is 6.00. The molecule has 1 saturated heterocycles. The quantitative estimate of drug-likeness (QED) is 0.655. The van der Waals surface area contributed by atoms with E-state index in [1.165, 1.54) is 52.0 Å². The molecule has 1 heterocycles. The summed E-state index contributed by atoms with van der Waals surface area (Å²) in [6, 6.07) is 0. The summed E-state index contributed by atoms with van der Waals surface area (Å²) in [6.45, 7) is 6.51. The third-order valence-corrected chi connectivity index (χ3v) is 4.72. The zero-order valence-corrected chi connectivity index (χ0v) is 10.4. The lowest BCUT2D eigenvalue weighted by molar-refractivity contribution is 0.219. The summed E-state index contributed by atoms with van der Waals surface area (Å²) in [7, 11) is 2.25. The summed E-state index contributed by atoms with van der Waals surface area (Å²) in [5, 5.41) is 0. The number of rotatable bonds is 2. The predicted octanol–water partition coefficient (Wildman–Crippen LogP) is 1.84. The molecule has 1 saturated carbocycles. The molecular formula is C14H24N2. The van der Waals surface area contributed by atoms with E-state index >= 15 is 0 Å². The summed E-state index contributed by atoms with van der Waals surface area (Å²) in [4.78, 5) is 5.18. The van der Waals surface area contributed by atoms with Gasteiger partial charge in [0.25, 0.3) is 0 Å². The first kappa shape index (κ1) is 10.8. The van der Waals surface area contributed by atoms with Gasteiger partial charge in [-0.15, -0.1) is 0 Å². The standard InChI is InChI=1S/C14H24N2/c1-15-5-2-6-16(8-7-15)11-14-10-12-3-4-13(14)9-12/h3-4,12-14H,2,5-11H2,1H3/t12-,13+,14-/m0/s1. The first-order valence-electron chi connectivity index (χ1n) is 6.90. The Morgan fingerprint density at radius 1 is 1.06 bits per heavy atom. The number of likely N-dealkylation sites (N-methyl/N-ethyl adjacent to an activating group) is 1. The molecule has 0 spiro atoms. The summed E-state index contributed by atoms with van der Waals surface area (Å²) in [6.07, 6.45) is 9.22. The van der Waals surface area contributed by atoms with E-state index in [0.717, 1.165) is 17.8 Å². The highest BCUT2D eigenvalue weighted by molar-refractivity contribution is 5.10. The predicted molar refractivity (Wildman–Crippen MR) is 67.4 cm³/mol. The van der Waals surface area contributed by atoms with E-state index in [1.54, 1.807) is 0 Å². The van der Waals surface area contributed by atoms with E-state index in [9.17, 15) is 0 Å². The highest BCUT2D eigenvalue weighted by atomic mass is 15.2. The van der Waals surface area contributed by atoms with Gasteiger partial charge in [-0.2, -0.15) is 0 Å². The molecule has 0 radical (unpaired) electrons. The zero-order valence-electron chi connectivity index (χ0n) is 10.4. The normalized spacial score (nSPS) is 40.4. The highest BCUT2D eigenvalue weighted by Gasteiger charge is 2.36. The number of fused-ring (bicyclic) bond motifs is 2. The lowest BCUT2D eigenvalue weighted by Crippen LogP contribution is -2.34. The van der Waals surface area contributed by atoms with Gasteiger partial charge in [-0.3, -0.25) is 0 Å². The van der Waals surface area contributed by atoms with Gasteiger partial charge in [0.05, 0.1) is 0 Å². The molecule has 2 fully saturated rings. The molecule has 3 rings (SSSR count). The highest BCUT2D eigenvalue weighted by Crippen LogP contribution is 2.43. The van der Waals surface area contributed by atoms with Gasteiger partial charge < -0.3 is 9.80 Å². The molecule has 0 aromatic rings. The van der Waals surface area contributed by atoms with Gasteiger partial charge in [0, 0.05) is 19.6 Å². The van der Waals surface area contributed by atoms with Crippen LogP contribution in [0.5, 0.6) is 0 Å². The van der Waals surface area contributed by atoms with Gasteiger partial charge in [-0.1, -0.05) is 12.2 Å². The van der Waals surface area contributed by atoms with E-state index in [2.05, 4.69) is 29.0 Å². The van der Waals surface area contributed by atoms with Gasteiger partial charge in [0.1, 0.15) is 0 Å². The van der Waals surface area contributed by atoms with E-state index in [4.69, 9.17) is 0 Å². The minimum absolute atomic E-state index is 0.922. The fraction of sp³-hybridized carbons (Fsp3) is 0.857. The molecule has 1 aliphatic heterocycles. The van der Waals surface area contributed by atoms with Crippen LogP contribution in [0.4, 0.5) is 0 Å². The Morgan fingerprint density at radius 3 is 2.75 bits per heavy atom. The lowest BCUT2D eigenvalue weighted by atomic mass is 9.93. The SMILES string of the molecule is CN1CCCN(C[C@@H]2C[C@H]3C=C[C@@H]2C3)CC1. The van der Waals surface area contributed by atoms with Crippen molar-refractivity contribution in [2.75, 3.05) is 39.8 Å². The molecule has 0 unspecified atom stereocenters. The zero-order chi connectivity index (χ0) is 11.0. The maximum atomic E-state index is 2.71. The molecule has 2 nitrogen and oxygen atoms in total. The first-order chi connectivity index (χ1) is 7.81. The summed E-state index contributed by atoms with van der Waals surface area (Å²) in [5.74, 6) is 2.83. The first-order valence-corrected chi connectivity index (χ1v) is 6.90. The van der Waals surface area contributed by atoms with E-state index in [-0.39, 0.29) is 0 Å². The van der Waals surface area contributed by atoms with Crippen molar-refractivity contribution in [1.29, 1.82) is 0 Å². The Hall–Kier alpha value is -0.340. The number of nitrogens with zero attached hydrogens (tertiary/aromatic N) is 2. The Bertz CT molecular complexity index is 274. The maximum Gasteiger partial charge on any atom is 0.0109 e. The molecule has 0 aromatic heterocycles. The molecule has 0 amide bonds. The van der Waals surface area contributed by atoms with Gasteiger partial charge in [-0.05, 0) is 57.2 Å². The van der Waals surface area contributed by atoms with Gasteiger partial charge in [-0.25, -0.2) is 0 Å². The third-order valence-electron chi connectivity index (χ3n) is 4.72. The Morgan fingerprint density at radius 2 is 2.00 bits per heavy atom. The Labute approximate surface area is 99.3 Å². The lowest BCUT2D eigenvalue weighted by Gasteiger charge is -2.27. The molecule has 3 atom stereocenters. The van der Waals surface area contributed by atoms with Gasteiger partial charge in [0.15, 0.2) is 0 Å². The van der Waals surface area contributed by atoms with Crippen LogP contribution in [0.25, 0.3) is 0 Å². The third kappa shape index (κ3) is 2.18. The van der Waals surface area contributed by atoms with Crippen molar-refractivity contribution in [2.45, 2.75) is 19.3 Å². The number of hydrogen-bond donors (Lipinski definition) is 0. The van der Waals surface area contributed by atoms with Crippen LogP contribution in [0.3, 0.4) is 0 Å². The van der Waals surface area contributed by atoms with Crippen LogP contribution in [0.2, 0.25) is 0 Å². The molecule has 2 aliphatic carbocycles. The average molecular weight is 220 g/mol. The molecule has 2 heteroatoms. The van der Waals surface area contributed by atoms with Crippen LogP contribution in [-0.2, 0) is 0 Å². The molecule has 90 valence electrons. The van der Waals surface area contributed by atoms with Gasteiger partial charge in [0.2, 0.25) is 0 Å². The monoisotopic (exact) mass is 220 g/mol. The molecule has 3 aliphatic rings. The molecule has 0 N–H and O–H groups in total. The second-order valence-electron chi connectivity index (χ2n) is 6.00. The fourth-order valence-corrected chi connectivity index (χ4v) is 3.72. The van der Waals surface area contributed by atoms with Crippen LogP contribution < -0.4 is 0 Å². The maximum absolute atomic E-state index is 2.71. The summed E-state index contributed by atoms with van der Waals surface area (Å²) < 4.78 is 0. The molecule has 0 aromatic carbocycles. The van der Waals surface area contributed by atoms with Crippen LogP contribution in [0.15, 0.2) is 12.2 Å². The van der Waals surface area contributed by atoms with Crippen molar-refractivity contribution >= 4 is 0 Å². The van der Waals surface area contributed by atoms with E-state index in [1.807, 2.05) is 0 Å². The smallest absolute Gasteiger partial charge is 0.0109 e. The average Bonchev–Trinajstić information content (AvgIpc) is 2.81. The van der Waals surface area contributed by atoms with Crippen molar-refractivity contribution < 1.29 is 0 Å². The van der Waals surface area contributed by atoms with Crippen molar-refractivity contribution in [2.24, 2.45) is 17.8 Å². The largest absolute Gasteiger partial charge is 0.305 e. The van der Waals surface area contributed by atoms with E-state index < -0.39 is 0 Å². The number of hydrogen-bond acceptors (Lipinski definition) is 2. The van der Waals surface area contributed by atoms with E-state index in [0.29, 0.717) is 0 Å². The van der Waals surface area contributed by atoms with Crippen LogP contribution in [0, 0.1) is 17.8 Å². The van der Waals surface area contributed by atoms with Crippen LogP contribution in [0.1, 0.15) is 19.3 Å². The van der Waals surface area contributed by atoms with Crippen LogP contribution in [-0.4, -0.2) is 49.6 Å². The molecule has 2 bridgehead atoms. The number of allylic oxidation sites excluding steroid dienone is 2. The topological polar surface area (TPSA) is 6.48 Å².